The van der Waals surface area contributed by atoms with Crippen LogP contribution < -0.4 is 0 Å². The second-order valence-electron chi connectivity index (χ2n) is 7.33. The number of aliphatic hydroxyl groups is 1. The van der Waals surface area contributed by atoms with Crippen LogP contribution in [0.1, 0.15) is 34.1 Å². The second-order valence-corrected chi connectivity index (χ2v) is 7.33. The first kappa shape index (κ1) is 18.6. The predicted octanol–water partition coefficient (Wildman–Crippen LogP) is 2.35. The molecule has 0 saturated carbocycles. The molecule has 1 fully saturated rings. The predicted molar refractivity (Wildman–Crippen MR) is 93.8 cm³/mol. The number of esters is 2. The molecule has 0 aliphatic carbocycles. The molecule has 0 aromatic carbocycles. The fourth-order valence-electron chi connectivity index (χ4n) is 3.57. The summed E-state index contributed by atoms with van der Waals surface area (Å²) >= 11 is 0. The summed E-state index contributed by atoms with van der Waals surface area (Å²) in [6, 6.07) is 0. The quantitative estimate of drug-likeness (QED) is 0.462. The Morgan fingerprint density at radius 2 is 2.15 bits per heavy atom. The summed E-state index contributed by atoms with van der Waals surface area (Å²) in [5.41, 5.74) is 0.367. The zero-order chi connectivity index (χ0) is 19.3. The Balaban J connectivity index is 2.04. The van der Waals surface area contributed by atoms with E-state index in [4.69, 9.17) is 14.2 Å². The van der Waals surface area contributed by atoms with Crippen LogP contribution in [0.15, 0.2) is 47.6 Å². The molecule has 1 saturated heterocycles. The van der Waals surface area contributed by atoms with Crippen molar-refractivity contribution in [2.45, 2.75) is 57.7 Å². The largest absolute Gasteiger partial charge is 0.458 e. The van der Waals surface area contributed by atoms with Crippen molar-refractivity contribution in [3.63, 3.8) is 0 Å². The van der Waals surface area contributed by atoms with Crippen molar-refractivity contribution in [1.29, 1.82) is 0 Å². The Hall–Kier alpha value is -2.18. The summed E-state index contributed by atoms with van der Waals surface area (Å²) in [6.45, 7) is 10.8. The minimum Gasteiger partial charge on any atom is -0.458 e. The lowest BCUT2D eigenvalue weighted by Gasteiger charge is -2.33. The molecule has 26 heavy (non-hydrogen) atoms. The van der Waals surface area contributed by atoms with Gasteiger partial charge in [0.05, 0.1) is 11.5 Å². The van der Waals surface area contributed by atoms with Gasteiger partial charge in [0.1, 0.15) is 12.2 Å². The molecule has 0 aromatic heterocycles. The molecule has 6 heteroatoms. The third-order valence-corrected chi connectivity index (χ3v) is 5.31. The van der Waals surface area contributed by atoms with E-state index in [0.29, 0.717) is 11.1 Å². The highest BCUT2D eigenvalue weighted by Gasteiger charge is 2.52. The Morgan fingerprint density at radius 1 is 1.46 bits per heavy atom. The summed E-state index contributed by atoms with van der Waals surface area (Å²) in [6.07, 6.45) is 5.52. The lowest BCUT2D eigenvalue weighted by molar-refractivity contribution is -0.188. The van der Waals surface area contributed by atoms with E-state index < -0.39 is 41.5 Å². The Morgan fingerprint density at radius 3 is 2.81 bits per heavy atom. The third-order valence-electron chi connectivity index (χ3n) is 5.31. The molecule has 0 radical (unpaired) electrons. The highest BCUT2D eigenvalue weighted by molar-refractivity contribution is 5.92. The summed E-state index contributed by atoms with van der Waals surface area (Å²) in [5, 5.41) is 10.8. The molecular formula is C20H24O6. The maximum Gasteiger partial charge on any atom is 0.334 e. The number of rotatable bonds is 2. The van der Waals surface area contributed by atoms with Gasteiger partial charge in [-0.15, -0.1) is 0 Å². The van der Waals surface area contributed by atoms with Gasteiger partial charge in [-0.25, -0.2) is 9.59 Å². The van der Waals surface area contributed by atoms with Crippen LogP contribution >= 0.6 is 0 Å². The van der Waals surface area contributed by atoms with E-state index >= 15 is 0 Å². The fraction of sp³-hybridized carbons (Fsp3) is 0.500. The molecule has 3 aliphatic rings. The van der Waals surface area contributed by atoms with E-state index in [-0.39, 0.29) is 12.0 Å². The lowest BCUT2D eigenvalue weighted by Crippen LogP contribution is -2.40. The van der Waals surface area contributed by atoms with E-state index in [1.807, 2.05) is 0 Å². The summed E-state index contributed by atoms with van der Waals surface area (Å²) in [5.74, 6) is -3.10. The van der Waals surface area contributed by atoms with E-state index in [0.717, 1.165) is 0 Å². The van der Waals surface area contributed by atoms with Crippen LogP contribution in [0.2, 0.25) is 0 Å². The van der Waals surface area contributed by atoms with E-state index in [1.165, 1.54) is 0 Å². The van der Waals surface area contributed by atoms with Crippen LogP contribution in [0, 0.1) is 5.92 Å². The van der Waals surface area contributed by atoms with Gasteiger partial charge in [-0.05, 0) is 45.4 Å². The number of fused-ring (bicyclic) bond motifs is 3. The minimum absolute atomic E-state index is 0.256. The first-order valence-corrected chi connectivity index (χ1v) is 8.64. The molecule has 1 N–H and O–H groups in total. The van der Waals surface area contributed by atoms with Crippen molar-refractivity contribution in [3.8, 4) is 0 Å². The average molecular weight is 360 g/mol. The van der Waals surface area contributed by atoms with Crippen molar-refractivity contribution in [2.24, 2.45) is 5.92 Å². The fourth-order valence-corrected chi connectivity index (χ4v) is 3.57. The number of carbonyl (C=O) groups excluding carboxylic acids is 2. The molecule has 140 valence electrons. The first-order valence-electron chi connectivity index (χ1n) is 8.64. The van der Waals surface area contributed by atoms with E-state index in [9.17, 15) is 14.7 Å². The van der Waals surface area contributed by atoms with Crippen molar-refractivity contribution in [3.05, 3.63) is 47.6 Å². The minimum atomic E-state index is -1.58. The maximum atomic E-state index is 12.4. The second kappa shape index (κ2) is 6.21. The van der Waals surface area contributed by atoms with Crippen LogP contribution in [0.4, 0.5) is 0 Å². The number of ether oxygens (including phenoxy) is 3. The summed E-state index contributed by atoms with van der Waals surface area (Å²) in [7, 11) is 0. The number of hydrogen-bond donors (Lipinski definition) is 1. The van der Waals surface area contributed by atoms with Crippen LogP contribution in [-0.4, -0.2) is 40.6 Å². The van der Waals surface area contributed by atoms with Gasteiger partial charge >= 0.3 is 11.9 Å². The van der Waals surface area contributed by atoms with Crippen LogP contribution in [0.25, 0.3) is 0 Å². The van der Waals surface area contributed by atoms with Gasteiger partial charge < -0.3 is 19.3 Å². The topological polar surface area (TPSA) is 82.1 Å². The van der Waals surface area contributed by atoms with Gasteiger partial charge in [0, 0.05) is 17.6 Å². The zero-order valence-electron chi connectivity index (χ0n) is 15.4. The van der Waals surface area contributed by atoms with E-state index in [1.54, 1.807) is 52.0 Å². The molecule has 3 rings (SSSR count). The van der Waals surface area contributed by atoms with Crippen LogP contribution in [0.5, 0.6) is 0 Å². The smallest absolute Gasteiger partial charge is 0.334 e. The highest BCUT2D eigenvalue weighted by atomic mass is 16.6. The molecule has 0 unspecified atom stereocenters. The SMILES string of the molecule is C=C1C(=O)O[C@H]2/C=C(/C)[C@@]3(O)C=C[C@@](C)(C[C@@H](OC(=O)/C(C)=C/C)[C@@H]12)O3. The molecule has 3 heterocycles. The van der Waals surface area contributed by atoms with Gasteiger partial charge in [-0.2, -0.15) is 0 Å². The molecule has 0 aromatic rings. The average Bonchev–Trinajstić information content (AvgIpc) is 3.03. The van der Waals surface area contributed by atoms with E-state index in [2.05, 4.69) is 6.58 Å². The Bertz CT molecular complexity index is 760. The maximum absolute atomic E-state index is 12.4. The first-order chi connectivity index (χ1) is 12.1. The lowest BCUT2D eigenvalue weighted by atomic mass is 9.83. The standard InChI is InChI=1S/C20H24O6/c1-6-11(2)17(21)25-15-10-19(5)7-8-20(23,26-19)12(3)9-14-16(15)13(4)18(22)24-14/h6-9,14-16,23H,4,10H2,1-3,5H3/b11-6+,12-9-/t14-,15+,16-,19-,20+/m0/s1. The number of hydrogen-bond acceptors (Lipinski definition) is 6. The molecule has 3 aliphatic heterocycles. The van der Waals surface area contributed by atoms with Crippen molar-refractivity contribution < 1.29 is 28.9 Å². The van der Waals surface area contributed by atoms with Crippen LogP contribution in [0.3, 0.4) is 0 Å². The Kier molecular flexibility index (Phi) is 4.45. The zero-order valence-corrected chi connectivity index (χ0v) is 15.4. The molecule has 0 spiro atoms. The normalized spacial score (nSPS) is 41.5. The van der Waals surface area contributed by atoms with Crippen molar-refractivity contribution in [1.82, 2.24) is 0 Å². The van der Waals surface area contributed by atoms with Gasteiger partial charge in [0.15, 0.2) is 0 Å². The van der Waals surface area contributed by atoms with Crippen molar-refractivity contribution in [2.75, 3.05) is 0 Å². The van der Waals surface area contributed by atoms with Crippen LogP contribution in [-0.2, 0) is 23.8 Å². The van der Waals surface area contributed by atoms with Crippen molar-refractivity contribution >= 4 is 11.9 Å². The van der Waals surface area contributed by atoms with Gasteiger partial charge in [-0.3, -0.25) is 0 Å². The molecular weight excluding hydrogens is 336 g/mol. The molecule has 5 atom stereocenters. The number of allylic oxidation sites excluding steroid dienone is 1. The van der Waals surface area contributed by atoms with Gasteiger partial charge in [0.2, 0.25) is 5.79 Å². The summed E-state index contributed by atoms with van der Waals surface area (Å²) in [4.78, 5) is 24.5. The molecule has 0 amide bonds. The van der Waals surface area contributed by atoms with Gasteiger partial charge in [0.25, 0.3) is 0 Å². The van der Waals surface area contributed by atoms with Gasteiger partial charge in [-0.1, -0.05) is 18.7 Å². The Labute approximate surface area is 152 Å². The molecule has 6 nitrogen and oxygen atoms in total. The molecule has 2 bridgehead atoms. The number of carbonyl (C=O) groups is 2. The monoisotopic (exact) mass is 360 g/mol. The third kappa shape index (κ3) is 3.04. The highest BCUT2D eigenvalue weighted by Crippen LogP contribution is 2.44. The summed E-state index contributed by atoms with van der Waals surface area (Å²) < 4.78 is 17.0.